The predicted molar refractivity (Wildman–Crippen MR) is 102 cm³/mol. The number of nitrogens with zero attached hydrogens (tertiary/aromatic N) is 3. The van der Waals surface area contributed by atoms with Gasteiger partial charge < -0.3 is 10.2 Å². The Kier molecular flexibility index (Phi) is 4.78. The van der Waals surface area contributed by atoms with Crippen LogP contribution in [0.15, 0.2) is 60.9 Å². The second-order valence-corrected chi connectivity index (χ2v) is 6.43. The number of fused-ring (bicyclic) bond motifs is 1. The van der Waals surface area contributed by atoms with Crippen LogP contribution in [0.5, 0.6) is 0 Å². The van der Waals surface area contributed by atoms with Crippen LogP contribution >= 0.6 is 0 Å². The number of hydrogen-bond donors (Lipinski definition) is 1. The van der Waals surface area contributed by atoms with E-state index in [0.717, 1.165) is 24.1 Å². The molecule has 0 fully saturated rings. The first-order valence-corrected chi connectivity index (χ1v) is 8.91. The first kappa shape index (κ1) is 17.1. The van der Waals surface area contributed by atoms with Gasteiger partial charge in [0, 0.05) is 18.8 Å². The van der Waals surface area contributed by atoms with E-state index in [9.17, 15) is 9.18 Å². The fourth-order valence-corrected chi connectivity index (χ4v) is 3.20. The first-order valence-electron chi connectivity index (χ1n) is 8.91. The summed E-state index contributed by atoms with van der Waals surface area (Å²) in [6.45, 7) is 1.31. The smallest absolute Gasteiger partial charge is 0.278 e. The molecule has 1 N–H and O–H groups in total. The van der Waals surface area contributed by atoms with Crippen molar-refractivity contribution in [3.63, 3.8) is 0 Å². The van der Waals surface area contributed by atoms with Gasteiger partial charge in [0.15, 0.2) is 0 Å². The Balaban J connectivity index is 1.36. The molecule has 1 aliphatic heterocycles. The van der Waals surface area contributed by atoms with E-state index in [-0.39, 0.29) is 11.7 Å². The fourth-order valence-electron chi connectivity index (χ4n) is 3.20. The second kappa shape index (κ2) is 7.53. The molecule has 0 saturated heterocycles. The van der Waals surface area contributed by atoms with Crippen molar-refractivity contribution in [2.45, 2.75) is 12.8 Å². The Hall–Kier alpha value is -3.28. The predicted octanol–water partition coefficient (Wildman–Crippen LogP) is 3.47. The van der Waals surface area contributed by atoms with Crippen LogP contribution in [0, 0.1) is 5.82 Å². The molecule has 0 atom stereocenters. The van der Waals surface area contributed by atoms with Gasteiger partial charge in [0.2, 0.25) is 0 Å². The number of hydrogen-bond acceptors (Lipinski definition) is 4. The molecule has 3 aromatic rings. The maximum absolute atomic E-state index is 12.9. The lowest BCUT2D eigenvalue weighted by Gasteiger charge is -2.16. The minimum Gasteiger partial charge on any atom is -0.368 e. The largest absolute Gasteiger partial charge is 0.368 e. The third kappa shape index (κ3) is 3.79. The summed E-state index contributed by atoms with van der Waals surface area (Å²) in [5.41, 5.74) is 3.50. The third-order valence-electron chi connectivity index (χ3n) is 4.64. The molecule has 0 unspecified atom stereocenters. The highest BCUT2D eigenvalue weighted by molar-refractivity contribution is 6.05. The van der Waals surface area contributed by atoms with Crippen LogP contribution in [-0.2, 0) is 12.8 Å². The van der Waals surface area contributed by atoms with Crippen molar-refractivity contribution in [3.05, 3.63) is 83.6 Å². The molecule has 0 spiro atoms. The average Bonchev–Trinajstić information content (AvgIpc) is 3.14. The van der Waals surface area contributed by atoms with E-state index in [1.807, 2.05) is 24.3 Å². The van der Waals surface area contributed by atoms with Gasteiger partial charge in [-0.05, 0) is 42.2 Å². The molecule has 136 valence electrons. The molecular weight excluding hydrogens is 343 g/mol. The quantitative estimate of drug-likeness (QED) is 0.755. The summed E-state index contributed by atoms with van der Waals surface area (Å²) in [5, 5.41) is 3.17. The zero-order valence-electron chi connectivity index (χ0n) is 14.7. The molecule has 1 aliphatic rings. The summed E-state index contributed by atoms with van der Waals surface area (Å²) in [4.78, 5) is 23.0. The molecule has 0 radical (unpaired) electrons. The summed E-state index contributed by atoms with van der Waals surface area (Å²) < 4.78 is 12.9. The van der Waals surface area contributed by atoms with Gasteiger partial charge >= 0.3 is 0 Å². The Bertz CT molecular complexity index is 941. The van der Waals surface area contributed by atoms with E-state index >= 15 is 0 Å². The number of halogens is 1. The molecule has 27 heavy (non-hydrogen) atoms. The van der Waals surface area contributed by atoms with Gasteiger partial charge in [-0.1, -0.05) is 30.3 Å². The summed E-state index contributed by atoms with van der Waals surface area (Å²) in [6.07, 6.45) is 4.68. The minimum atomic E-state index is -0.238. The number of rotatable bonds is 5. The Morgan fingerprint density at radius 2 is 1.89 bits per heavy atom. The third-order valence-corrected chi connectivity index (χ3v) is 4.64. The van der Waals surface area contributed by atoms with Crippen LogP contribution in [0.4, 0.5) is 15.9 Å². The lowest BCUT2D eigenvalue weighted by atomic mass is 10.1. The molecule has 5 nitrogen and oxygen atoms in total. The molecule has 4 rings (SSSR count). The number of para-hydroxylation sites is 1. The minimum absolute atomic E-state index is 0.134. The van der Waals surface area contributed by atoms with Crippen molar-refractivity contribution in [1.29, 1.82) is 0 Å². The lowest BCUT2D eigenvalue weighted by Crippen LogP contribution is -2.29. The number of aromatic nitrogens is 2. The van der Waals surface area contributed by atoms with Gasteiger partial charge in [0.25, 0.3) is 5.91 Å². The normalized spacial score (nSPS) is 12.7. The maximum atomic E-state index is 12.9. The Morgan fingerprint density at radius 3 is 2.67 bits per heavy atom. The van der Waals surface area contributed by atoms with Crippen LogP contribution in [0.1, 0.15) is 21.6 Å². The van der Waals surface area contributed by atoms with Crippen molar-refractivity contribution in [3.8, 4) is 0 Å². The van der Waals surface area contributed by atoms with Gasteiger partial charge in [-0.3, -0.25) is 4.79 Å². The van der Waals surface area contributed by atoms with Crippen LogP contribution < -0.4 is 10.2 Å². The molecule has 2 aromatic carbocycles. The lowest BCUT2D eigenvalue weighted by molar-refractivity contribution is 0.0984. The highest BCUT2D eigenvalue weighted by Crippen LogP contribution is 2.28. The fraction of sp³-hybridized carbons (Fsp3) is 0.190. The van der Waals surface area contributed by atoms with E-state index in [4.69, 9.17) is 0 Å². The molecule has 0 aliphatic carbocycles. The number of benzene rings is 2. The zero-order chi connectivity index (χ0) is 18.6. The molecule has 0 bridgehead atoms. The average molecular weight is 362 g/mol. The van der Waals surface area contributed by atoms with Gasteiger partial charge in [-0.25, -0.2) is 14.4 Å². The second-order valence-electron chi connectivity index (χ2n) is 6.43. The van der Waals surface area contributed by atoms with E-state index in [1.54, 1.807) is 23.2 Å². The molecule has 0 saturated carbocycles. The van der Waals surface area contributed by atoms with E-state index in [1.165, 1.54) is 23.9 Å². The zero-order valence-corrected chi connectivity index (χ0v) is 14.7. The summed E-state index contributed by atoms with van der Waals surface area (Å²) in [5.74, 6) is 0.235. The van der Waals surface area contributed by atoms with Gasteiger partial charge in [-0.15, -0.1) is 0 Å². The van der Waals surface area contributed by atoms with E-state index in [0.29, 0.717) is 24.6 Å². The molecule has 2 heterocycles. The van der Waals surface area contributed by atoms with E-state index in [2.05, 4.69) is 15.3 Å². The number of amides is 1. The molecule has 1 aromatic heterocycles. The molecular formula is C21H19FN4O. The van der Waals surface area contributed by atoms with Crippen molar-refractivity contribution in [2.75, 3.05) is 23.3 Å². The van der Waals surface area contributed by atoms with Gasteiger partial charge in [-0.2, -0.15) is 0 Å². The van der Waals surface area contributed by atoms with Crippen LogP contribution in [0.25, 0.3) is 0 Å². The Labute approximate surface area is 156 Å². The van der Waals surface area contributed by atoms with Crippen LogP contribution in [0.3, 0.4) is 0 Å². The highest BCUT2D eigenvalue weighted by Gasteiger charge is 2.26. The number of anilines is 2. The van der Waals surface area contributed by atoms with Gasteiger partial charge in [0.1, 0.15) is 17.3 Å². The van der Waals surface area contributed by atoms with Crippen molar-refractivity contribution < 1.29 is 9.18 Å². The first-order chi connectivity index (χ1) is 13.2. The summed E-state index contributed by atoms with van der Waals surface area (Å²) in [7, 11) is 0. The van der Waals surface area contributed by atoms with Crippen LogP contribution in [0.2, 0.25) is 0 Å². The Morgan fingerprint density at radius 1 is 1.07 bits per heavy atom. The number of nitrogens with one attached hydrogen (secondary N) is 1. The van der Waals surface area contributed by atoms with Crippen molar-refractivity contribution in [2.24, 2.45) is 0 Å². The highest BCUT2D eigenvalue weighted by atomic mass is 19.1. The summed E-state index contributed by atoms with van der Waals surface area (Å²) in [6, 6.07) is 14.3. The summed E-state index contributed by atoms with van der Waals surface area (Å²) >= 11 is 0. The molecule has 1 amide bonds. The monoisotopic (exact) mass is 362 g/mol. The van der Waals surface area contributed by atoms with E-state index < -0.39 is 0 Å². The molecule has 6 heteroatoms. The topological polar surface area (TPSA) is 58.1 Å². The van der Waals surface area contributed by atoms with Crippen molar-refractivity contribution >= 4 is 17.4 Å². The standard InChI is InChI=1S/C21H19FN4O/c22-17-7-5-15(6-8-17)9-11-23-20-14-24-18(13-25-20)21(27)26-12-10-16-3-1-2-4-19(16)26/h1-8,13-14H,9-12H2,(H,23,25). The maximum Gasteiger partial charge on any atom is 0.278 e. The van der Waals surface area contributed by atoms with Crippen LogP contribution in [-0.4, -0.2) is 29.0 Å². The SMILES string of the molecule is O=C(c1cnc(NCCc2ccc(F)cc2)cn1)N1CCc2ccccc21. The van der Waals surface area contributed by atoms with Crippen molar-refractivity contribution in [1.82, 2.24) is 9.97 Å². The number of carbonyl (C=O) groups is 1. The number of carbonyl (C=O) groups excluding carboxylic acids is 1. The van der Waals surface area contributed by atoms with Gasteiger partial charge in [0.05, 0.1) is 12.4 Å².